The number of anilines is 1. The van der Waals surface area contributed by atoms with Gasteiger partial charge in [-0.1, -0.05) is 11.6 Å². The van der Waals surface area contributed by atoms with Gasteiger partial charge in [-0.25, -0.2) is 14.8 Å². The van der Waals surface area contributed by atoms with Gasteiger partial charge in [0, 0.05) is 24.1 Å². The Labute approximate surface area is 209 Å². The standard InChI is InChI=1S/C24H31ClN4O4S/c1-13(21(31)33-23(2,3)4)29-20(30)15-11-17(34-19(15)24(29,5)6)18-16(25)12-26-22(28-18)27-14-7-9-32-10-8-14/h11-14H,7-10H2,1-6H3,(H,26,27,28). The number of aromatic nitrogens is 2. The lowest BCUT2D eigenvalue weighted by atomic mass is 10.0. The number of esters is 1. The molecule has 1 fully saturated rings. The Morgan fingerprint density at radius 1 is 1.35 bits per heavy atom. The fraction of sp³-hybridized carbons (Fsp3) is 0.583. The number of nitrogens with zero attached hydrogens (tertiary/aromatic N) is 3. The van der Waals surface area contributed by atoms with Gasteiger partial charge in [0.1, 0.15) is 17.3 Å². The van der Waals surface area contributed by atoms with E-state index in [0.717, 1.165) is 22.6 Å². The van der Waals surface area contributed by atoms with E-state index in [1.54, 1.807) is 18.0 Å². The number of ether oxygens (including phenoxy) is 2. The van der Waals surface area contributed by atoms with Crippen LogP contribution in [0.4, 0.5) is 5.95 Å². The highest BCUT2D eigenvalue weighted by atomic mass is 35.5. The molecule has 0 saturated carbocycles. The van der Waals surface area contributed by atoms with Crippen LogP contribution < -0.4 is 5.32 Å². The average Bonchev–Trinajstić information content (AvgIpc) is 3.27. The maximum absolute atomic E-state index is 13.4. The van der Waals surface area contributed by atoms with Gasteiger partial charge in [-0.3, -0.25) is 4.79 Å². The number of carbonyl (C=O) groups excluding carboxylic acids is 2. The molecule has 0 bridgehead atoms. The second-order valence-corrected chi connectivity index (χ2v) is 11.7. The molecule has 1 saturated heterocycles. The molecule has 0 radical (unpaired) electrons. The van der Waals surface area contributed by atoms with Crippen molar-refractivity contribution in [2.75, 3.05) is 18.5 Å². The van der Waals surface area contributed by atoms with Crippen LogP contribution in [0.5, 0.6) is 0 Å². The molecular weight excluding hydrogens is 476 g/mol. The van der Waals surface area contributed by atoms with Gasteiger partial charge in [0.25, 0.3) is 5.91 Å². The van der Waals surface area contributed by atoms with Gasteiger partial charge in [0.15, 0.2) is 0 Å². The summed E-state index contributed by atoms with van der Waals surface area (Å²) in [5.41, 5.74) is -0.167. The van der Waals surface area contributed by atoms with Gasteiger partial charge in [-0.05, 0) is 60.5 Å². The van der Waals surface area contributed by atoms with Crippen molar-refractivity contribution >= 4 is 40.8 Å². The first-order valence-corrected chi connectivity index (χ1v) is 12.7. The SMILES string of the molecule is CC(C(=O)OC(C)(C)C)N1C(=O)c2cc(-c3nc(NC4CCOCC4)ncc3Cl)sc2C1(C)C. The van der Waals surface area contributed by atoms with Crippen LogP contribution in [-0.2, 0) is 19.8 Å². The number of hydrogen-bond donors (Lipinski definition) is 1. The molecule has 2 aromatic rings. The van der Waals surface area contributed by atoms with Crippen molar-refractivity contribution in [3.63, 3.8) is 0 Å². The molecule has 8 nitrogen and oxygen atoms in total. The van der Waals surface area contributed by atoms with Crippen LogP contribution in [0.3, 0.4) is 0 Å². The monoisotopic (exact) mass is 506 g/mol. The second-order valence-electron chi connectivity index (χ2n) is 10.2. The van der Waals surface area contributed by atoms with E-state index < -0.39 is 23.2 Å². The van der Waals surface area contributed by atoms with Crippen LogP contribution in [0.15, 0.2) is 12.3 Å². The van der Waals surface area contributed by atoms with E-state index in [2.05, 4.69) is 15.3 Å². The molecule has 10 heteroatoms. The van der Waals surface area contributed by atoms with Crippen LogP contribution in [0.25, 0.3) is 10.6 Å². The van der Waals surface area contributed by atoms with Crippen molar-refractivity contribution < 1.29 is 19.1 Å². The minimum atomic E-state index is -0.720. The molecule has 0 aromatic carbocycles. The van der Waals surface area contributed by atoms with E-state index in [9.17, 15) is 9.59 Å². The zero-order valence-corrected chi connectivity index (χ0v) is 22.0. The third-order valence-electron chi connectivity index (χ3n) is 6.01. The summed E-state index contributed by atoms with van der Waals surface area (Å²) in [4.78, 5) is 38.4. The van der Waals surface area contributed by atoms with Gasteiger partial charge in [0.2, 0.25) is 5.95 Å². The predicted octanol–water partition coefficient (Wildman–Crippen LogP) is 4.87. The van der Waals surface area contributed by atoms with Crippen LogP contribution in [0.1, 0.15) is 69.6 Å². The number of thiophene rings is 1. The summed E-state index contributed by atoms with van der Waals surface area (Å²) in [5.74, 6) is -0.121. The van der Waals surface area contributed by atoms with Crippen LogP contribution in [0.2, 0.25) is 5.02 Å². The third kappa shape index (κ3) is 4.78. The van der Waals surface area contributed by atoms with Crippen LogP contribution in [-0.4, -0.2) is 57.6 Å². The summed E-state index contributed by atoms with van der Waals surface area (Å²) < 4.78 is 10.9. The number of nitrogens with one attached hydrogen (secondary N) is 1. The number of amides is 1. The molecule has 0 aliphatic carbocycles. The minimum Gasteiger partial charge on any atom is -0.458 e. The minimum absolute atomic E-state index is 0.202. The maximum Gasteiger partial charge on any atom is 0.329 e. The highest BCUT2D eigenvalue weighted by Gasteiger charge is 2.49. The summed E-state index contributed by atoms with van der Waals surface area (Å²) in [6.07, 6.45) is 3.37. The van der Waals surface area contributed by atoms with Crippen molar-refractivity contribution in [2.24, 2.45) is 0 Å². The summed E-state index contributed by atoms with van der Waals surface area (Å²) in [6.45, 7) is 12.5. The fourth-order valence-corrected chi connectivity index (χ4v) is 5.90. The highest BCUT2D eigenvalue weighted by Crippen LogP contribution is 2.48. The Hall–Kier alpha value is -2.23. The Morgan fingerprint density at radius 3 is 2.65 bits per heavy atom. The summed E-state index contributed by atoms with van der Waals surface area (Å²) in [7, 11) is 0. The van der Waals surface area contributed by atoms with Gasteiger partial charge >= 0.3 is 5.97 Å². The average molecular weight is 507 g/mol. The zero-order valence-electron chi connectivity index (χ0n) is 20.4. The number of rotatable bonds is 5. The van der Waals surface area contributed by atoms with Gasteiger partial charge in [-0.15, -0.1) is 11.3 Å². The van der Waals surface area contributed by atoms with Crippen LogP contribution in [0, 0.1) is 0 Å². The zero-order chi connectivity index (χ0) is 24.8. The highest BCUT2D eigenvalue weighted by molar-refractivity contribution is 7.16. The number of fused-ring (bicyclic) bond motifs is 1. The first kappa shape index (κ1) is 24.9. The van der Waals surface area contributed by atoms with E-state index in [1.807, 2.05) is 40.7 Å². The molecule has 184 valence electrons. The number of carbonyl (C=O) groups is 2. The van der Waals surface area contributed by atoms with Crippen molar-refractivity contribution in [3.8, 4) is 10.6 Å². The first-order valence-electron chi connectivity index (χ1n) is 11.5. The number of hydrogen-bond acceptors (Lipinski definition) is 8. The molecule has 1 N–H and O–H groups in total. The molecule has 4 heterocycles. The largest absolute Gasteiger partial charge is 0.458 e. The molecule has 1 atom stereocenters. The van der Waals surface area contributed by atoms with E-state index in [1.165, 1.54) is 11.3 Å². The molecule has 1 amide bonds. The molecule has 1 unspecified atom stereocenters. The van der Waals surface area contributed by atoms with Gasteiger partial charge in [-0.2, -0.15) is 0 Å². The lowest BCUT2D eigenvalue weighted by molar-refractivity contribution is -0.161. The van der Waals surface area contributed by atoms with Crippen molar-refractivity contribution in [2.45, 2.75) is 77.6 Å². The van der Waals surface area contributed by atoms with E-state index in [4.69, 9.17) is 21.1 Å². The number of halogens is 1. The predicted molar refractivity (Wildman–Crippen MR) is 132 cm³/mol. The first-order chi connectivity index (χ1) is 15.9. The van der Waals surface area contributed by atoms with Crippen LogP contribution >= 0.6 is 22.9 Å². The van der Waals surface area contributed by atoms with E-state index in [0.29, 0.717) is 35.4 Å². The quantitative estimate of drug-likeness (QED) is 0.578. The fourth-order valence-electron chi connectivity index (χ4n) is 4.40. The maximum atomic E-state index is 13.4. The second kappa shape index (κ2) is 9.09. The summed E-state index contributed by atoms with van der Waals surface area (Å²) in [5, 5.41) is 3.78. The Bertz CT molecular complexity index is 1100. The summed E-state index contributed by atoms with van der Waals surface area (Å²) in [6, 6.07) is 1.35. The normalized spacial score (nSPS) is 19.1. The molecule has 2 aromatic heterocycles. The summed E-state index contributed by atoms with van der Waals surface area (Å²) >= 11 is 7.93. The molecule has 4 rings (SSSR count). The molecule has 34 heavy (non-hydrogen) atoms. The molecule has 2 aliphatic rings. The molecular formula is C24H31ClN4O4S. The van der Waals surface area contributed by atoms with E-state index in [-0.39, 0.29) is 11.9 Å². The van der Waals surface area contributed by atoms with Crippen molar-refractivity contribution in [1.82, 2.24) is 14.9 Å². The Morgan fingerprint density at radius 2 is 2.03 bits per heavy atom. The lowest BCUT2D eigenvalue weighted by Gasteiger charge is -2.37. The molecule has 2 aliphatic heterocycles. The van der Waals surface area contributed by atoms with Gasteiger partial charge < -0.3 is 19.7 Å². The Balaban J connectivity index is 1.60. The van der Waals surface area contributed by atoms with E-state index >= 15 is 0 Å². The Kier molecular flexibility index (Phi) is 6.65. The van der Waals surface area contributed by atoms with Crippen molar-refractivity contribution in [3.05, 3.63) is 27.7 Å². The third-order valence-corrected chi connectivity index (χ3v) is 7.74. The van der Waals surface area contributed by atoms with Crippen molar-refractivity contribution in [1.29, 1.82) is 0 Å². The topological polar surface area (TPSA) is 93.7 Å². The lowest BCUT2D eigenvalue weighted by Crippen LogP contribution is -2.50. The smallest absolute Gasteiger partial charge is 0.329 e. The molecule has 0 spiro atoms. The van der Waals surface area contributed by atoms with Gasteiger partial charge in [0.05, 0.1) is 27.2 Å².